The molecule has 2 N–H and O–H groups in total. The van der Waals surface area contributed by atoms with E-state index in [1.807, 2.05) is 25.1 Å². The fraction of sp³-hybridized carbons (Fsp3) is 0.200. The molecule has 1 aromatic carbocycles. The zero-order chi connectivity index (χ0) is 15.9. The average molecular weight is 300 g/mol. The van der Waals surface area contributed by atoms with E-state index in [9.17, 15) is 9.59 Å². The van der Waals surface area contributed by atoms with Crippen molar-refractivity contribution >= 4 is 12.1 Å². The maximum Gasteiger partial charge on any atom is 0.345 e. The topological polar surface area (TPSA) is 96.4 Å². The van der Waals surface area contributed by atoms with Gasteiger partial charge in [-0.2, -0.15) is 10.1 Å². The molecule has 0 aliphatic rings. The number of H-pyrrole nitrogens is 1. The molecule has 7 nitrogen and oxygen atoms in total. The third kappa shape index (κ3) is 4.27. The van der Waals surface area contributed by atoms with Crippen molar-refractivity contribution in [1.29, 1.82) is 0 Å². The molecular formula is C15H16N4O3. The zero-order valence-corrected chi connectivity index (χ0v) is 12.3. The zero-order valence-electron chi connectivity index (χ0n) is 12.3. The average Bonchev–Trinajstić information content (AvgIpc) is 2.47. The summed E-state index contributed by atoms with van der Waals surface area (Å²) >= 11 is 0. The Morgan fingerprint density at radius 3 is 3.00 bits per heavy atom. The first-order chi connectivity index (χ1) is 10.6. The first-order valence-electron chi connectivity index (χ1n) is 6.72. The Morgan fingerprint density at radius 1 is 1.45 bits per heavy atom. The van der Waals surface area contributed by atoms with Crippen molar-refractivity contribution in [2.75, 3.05) is 6.61 Å². The van der Waals surface area contributed by atoms with Gasteiger partial charge in [0.2, 0.25) is 0 Å². The minimum atomic E-state index is -0.571. The van der Waals surface area contributed by atoms with E-state index in [0.29, 0.717) is 12.3 Å². The van der Waals surface area contributed by atoms with E-state index in [1.165, 1.54) is 12.3 Å². The highest BCUT2D eigenvalue weighted by Crippen LogP contribution is 2.11. The molecule has 0 saturated carbocycles. The van der Waals surface area contributed by atoms with Crippen molar-refractivity contribution in [3.05, 3.63) is 57.8 Å². The van der Waals surface area contributed by atoms with Crippen LogP contribution in [-0.2, 0) is 0 Å². The molecule has 0 radical (unpaired) electrons. The van der Waals surface area contributed by atoms with Crippen molar-refractivity contribution in [3.8, 4) is 5.75 Å². The van der Waals surface area contributed by atoms with Gasteiger partial charge in [0.1, 0.15) is 11.4 Å². The second kappa shape index (κ2) is 7.16. The molecule has 0 aliphatic heterocycles. The third-order valence-corrected chi connectivity index (χ3v) is 2.66. The summed E-state index contributed by atoms with van der Waals surface area (Å²) < 4.78 is 5.37. The molecule has 0 unspecified atom stereocenters. The summed E-state index contributed by atoms with van der Waals surface area (Å²) in [7, 11) is 0. The number of nitrogens with zero attached hydrogens (tertiary/aromatic N) is 2. The number of carbonyl (C=O) groups is 1. The molecule has 0 saturated heterocycles. The molecule has 0 spiro atoms. The van der Waals surface area contributed by atoms with E-state index in [-0.39, 0.29) is 5.69 Å². The number of hydrogen-bond acceptors (Lipinski definition) is 5. The number of aromatic nitrogens is 2. The molecule has 22 heavy (non-hydrogen) atoms. The van der Waals surface area contributed by atoms with Gasteiger partial charge in [-0.3, -0.25) is 4.79 Å². The van der Waals surface area contributed by atoms with Crippen LogP contribution in [0.3, 0.4) is 0 Å². The van der Waals surface area contributed by atoms with Gasteiger partial charge in [-0.1, -0.05) is 12.1 Å². The normalized spacial score (nSPS) is 10.6. The van der Waals surface area contributed by atoms with Gasteiger partial charge in [0.25, 0.3) is 5.91 Å². The van der Waals surface area contributed by atoms with E-state index in [1.54, 1.807) is 13.0 Å². The summed E-state index contributed by atoms with van der Waals surface area (Å²) in [6, 6.07) is 8.77. The lowest BCUT2D eigenvalue weighted by molar-refractivity contribution is 0.0949. The Kier molecular flexibility index (Phi) is 5.02. The van der Waals surface area contributed by atoms with Crippen molar-refractivity contribution < 1.29 is 9.53 Å². The smallest absolute Gasteiger partial charge is 0.345 e. The van der Waals surface area contributed by atoms with Crippen molar-refractivity contribution in [2.45, 2.75) is 13.8 Å². The molecule has 0 bridgehead atoms. The van der Waals surface area contributed by atoms with E-state index in [4.69, 9.17) is 4.74 Å². The highest BCUT2D eigenvalue weighted by molar-refractivity contribution is 5.93. The van der Waals surface area contributed by atoms with Crippen LogP contribution in [0.5, 0.6) is 5.75 Å². The third-order valence-electron chi connectivity index (χ3n) is 2.66. The van der Waals surface area contributed by atoms with Crippen LogP contribution in [0, 0.1) is 6.92 Å². The van der Waals surface area contributed by atoms with Crippen LogP contribution in [0.25, 0.3) is 0 Å². The Hall–Kier alpha value is -2.96. The van der Waals surface area contributed by atoms with Crippen LogP contribution in [0.4, 0.5) is 0 Å². The number of aromatic amines is 1. The van der Waals surface area contributed by atoms with Crippen LogP contribution in [0.2, 0.25) is 0 Å². The van der Waals surface area contributed by atoms with E-state index in [0.717, 1.165) is 11.3 Å². The molecule has 2 rings (SSSR count). The molecule has 114 valence electrons. The minimum absolute atomic E-state index is 0.0152. The van der Waals surface area contributed by atoms with Gasteiger partial charge >= 0.3 is 5.69 Å². The lowest BCUT2D eigenvalue weighted by Gasteiger charge is -2.03. The first-order valence-corrected chi connectivity index (χ1v) is 6.72. The number of hydrogen-bond donors (Lipinski definition) is 2. The Balaban J connectivity index is 2.04. The summed E-state index contributed by atoms with van der Waals surface area (Å²) in [4.78, 5) is 29.1. The number of benzene rings is 1. The van der Waals surface area contributed by atoms with E-state index >= 15 is 0 Å². The predicted molar refractivity (Wildman–Crippen MR) is 82.3 cm³/mol. The second-order valence-electron chi connectivity index (χ2n) is 4.46. The van der Waals surface area contributed by atoms with Gasteiger partial charge in [0.15, 0.2) is 0 Å². The number of nitrogens with one attached hydrogen (secondary N) is 2. The minimum Gasteiger partial charge on any atom is -0.494 e. The highest BCUT2D eigenvalue weighted by Gasteiger charge is 2.07. The molecule has 1 heterocycles. The van der Waals surface area contributed by atoms with Gasteiger partial charge < -0.3 is 9.72 Å². The van der Waals surface area contributed by atoms with Crippen LogP contribution < -0.4 is 15.9 Å². The Bertz CT molecular complexity index is 752. The maximum absolute atomic E-state index is 11.8. The fourth-order valence-corrected chi connectivity index (χ4v) is 1.77. The van der Waals surface area contributed by atoms with Crippen LogP contribution in [-0.4, -0.2) is 28.7 Å². The lowest BCUT2D eigenvalue weighted by Crippen LogP contribution is -2.24. The summed E-state index contributed by atoms with van der Waals surface area (Å²) in [5, 5.41) is 3.85. The predicted octanol–water partition coefficient (Wildman–Crippen LogP) is 1.24. The lowest BCUT2D eigenvalue weighted by atomic mass is 10.2. The number of ether oxygens (including phenoxy) is 1. The summed E-state index contributed by atoms with van der Waals surface area (Å²) in [6.07, 6.45) is 1.49. The van der Waals surface area contributed by atoms with Gasteiger partial charge in [-0.05, 0) is 37.6 Å². The molecule has 1 amide bonds. The molecule has 0 aliphatic carbocycles. The SMILES string of the molecule is CCOc1cccc(/C=N/NC(=O)c2cc(C)[nH]c(=O)n2)c1. The summed E-state index contributed by atoms with van der Waals surface area (Å²) in [5.41, 5.74) is 3.11. The second-order valence-corrected chi connectivity index (χ2v) is 4.46. The summed E-state index contributed by atoms with van der Waals surface area (Å²) in [5.74, 6) is 0.177. The van der Waals surface area contributed by atoms with E-state index < -0.39 is 11.6 Å². The number of carbonyl (C=O) groups excluding carboxylic acids is 1. The van der Waals surface area contributed by atoms with Crippen molar-refractivity contribution in [3.63, 3.8) is 0 Å². The standard InChI is InChI=1S/C15H16N4O3/c1-3-22-12-6-4-5-11(8-12)9-16-19-14(20)13-7-10(2)17-15(21)18-13/h4-9H,3H2,1-2H3,(H,19,20)(H,17,18,21)/b16-9+. The maximum atomic E-state index is 11.8. The van der Waals surface area contributed by atoms with Gasteiger partial charge in [0, 0.05) is 5.69 Å². The van der Waals surface area contributed by atoms with Gasteiger partial charge in [-0.15, -0.1) is 0 Å². The van der Waals surface area contributed by atoms with Crippen LogP contribution in [0.15, 0.2) is 40.2 Å². The van der Waals surface area contributed by atoms with Gasteiger partial charge in [0.05, 0.1) is 12.8 Å². The first kappa shape index (κ1) is 15.4. The van der Waals surface area contributed by atoms with Crippen molar-refractivity contribution in [2.24, 2.45) is 5.10 Å². The van der Waals surface area contributed by atoms with Gasteiger partial charge in [-0.25, -0.2) is 10.2 Å². The number of amides is 1. The fourth-order valence-electron chi connectivity index (χ4n) is 1.77. The molecular weight excluding hydrogens is 284 g/mol. The van der Waals surface area contributed by atoms with Crippen LogP contribution in [0.1, 0.15) is 28.7 Å². The highest BCUT2D eigenvalue weighted by atomic mass is 16.5. The molecule has 7 heteroatoms. The number of aryl methyl sites for hydroxylation is 1. The van der Waals surface area contributed by atoms with Crippen LogP contribution >= 0.6 is 0 Å². The number of hydrazone groups is 1. The van der Waals surface area contributed by atoms with E-state index in [2.05, 4.69) is 20.5 Å². The Morgan fingerprint density at radius 2 is 2.27 bits per heavy atom. The summed E-state index contributed by atoms with van der Waals surface area (Å²) in [6.45, 7) is 4.14. The Labute approximate surface area is 127 Å². The molecule has 1 aromatic heterocycles. The quantitative estimate of drug-likeness (QED) is 0.641. The molecule has 0 fully saturated rings. The largest absolute Gasteiger partial charge is 0.494 e. The molecule has 0 atom stereocenters. The molecule has 2 aromatic rings. The van der Waals surface area contributed by atoms with Crippen molar-refractivity contribution in [1.82, 2.24) is 15.4 Å². The number of rotatable bonds is 5. The monoisotopic (exact) mass is 300 g/mol.